The van der Waals surface area contributed by atoms with Crippen molar-refractivity contribution < 1.29 is 32.2 Å². The Bertz CT molecular complexity index is 275. The van der Waals surface area contributed by atoms with Gasteiger partial charge in [0.05, 0.1) is 6.10 Å². The summed E-state index contributed by atoms with van der Waals surface area (Å²) in [6, 6.07) is 0. The summed E-state index contributed by atoms with van der Waals surface area (Å²) in [4.78, 5) is 21.7. The normalized spacial score (nSPS) is 14.9. The molecule has 17 heavy (non-hydrogen) atoms. The lowest BCUT2D eigenvalue weighted by atomic mass is 10.2. The third kappa shape index (κ3) is 6.13. The van der Waals surface area contributed by atoms with E-state index in [9.17, 15) is 22.8 Å². The van der Waals surface area contributed by atoms with E-state index in [4.69, 9.17) is 0 Å². The Hall–Kier alpha value is -1.27. The van der Waals surface area contributed by atoms with Crippen molar-refractivity contribution in [3.05, 3.63) is 0 Å². The molecule has 4 nitrogen and oxygen atoms in total. The summed E-state index contributed by atoms with van der Waals surface area (Å²) < 4.78 is 45.6. The number of alkyl halides is 3. The quantitative estimate of drug-likeness (QED) is 0.708. The highest BCUT2D eigenvalue weighted by molar-refractivity contribution is 5.79. The maximum atomic E-state index is 12.4. The molecule has 0 saturated heterocycles. The maximum Gasteiger partial charge on any atom is 0.436 e. The lowest BCUT2D eigenvalue weighted by Gasteiger charge is -2.20. The highest BCUT2D eigenvalue weighted by Gasteiger charge is 2.49. The molecule has 0 fully saturated rings. The van der Waals surface area contributed by atoms with Crippen molar-refractivity contribution >= 4 is 11.9 Å². The molecule has 0 radical (unpaired) electrons. The van der Waals surface area contributed by atoms with Crippen LogP contribution < -0.4 is 0 Å². The molecule has 0 aromatic carbocycles. The number of halogens is 3. The van der Waals surface area contributed by atoms with E-state index < -0.39 is 30.3 Å². The smallest absolute Gasteiger partial charge is 0.436 e. The van der Waals surface area contributed by atoms with Crippen molar-refractivity contribution in [3.8, 4) is 0 Å². The summed E-state index contributed by atoms with van der Waals surface area (Å²) in [5, 5.41) is 0. The van der Waals surface area contributed by atoms with E-state index >= 15 is 0 Å². The molecule has 0 aliphatic rings. The number of carbonyl (C=O) groups excluding carboxylic acids is 2. The zero-order valence-electron chi connectivity index (χ0n) is 9.84. The number of ether oxygens (including phenoxy) is 2. The monoisotopic (exact) mass is 256 g/mol. The topological polar surface area (TPSA) is 52.6 Å². The van der Waals surface area contributed by atoms with Gasteiger partial charge < -0.3 is 9.47 Å². The molecule has 2 unspecified atom stereocenters. The van der Waals surface area contributed by atoms with Gasteiger partial charge in [-0.15, -0.1) is 0 Å². The number of esters is 2. The molecule has 0 spiro atoms. The molecule has 100 valence electrons. The molecule has 0 N–H and O–H groups in total. The molecule has 0 heterocycles. The minimum atomic E-state index is -4.96. The second kappa shape index (κ2) is 6.46. The van der Waals surface area contributed by atoms with Crippen LogP contribution in [-0.4, -0.2) is 30.3 Å². The molecule has 0 saturated carbocycles. The predicted molar refractivity (Wildman–Crippen MR) is 52.1 cm³/mol. The third-order valence-corrected chi connectivity index (χ3v) is 1.81. The maximum absolute atomic E-state index is 12.4. The van der Waals surface area contributed by atoms with Gasteiger partial charge >= 0.3 is 18.1 Å². The van der Waals surface area contributed by atoms with E-state index in [2.05, 4.69) is 9.47 Å². The van der Waals surface area contributed by atoms with Crippen LogP contribution in [0.2, 0.25) is 0 Å². The molecule has 0 aromatic heterocycles. The fraction of sp³-hybridized carbons (Fsp3) is 0.800. The van der Waals surface area contributed by atoms with Crippen LogP contribution in [0.4, 0.5) is 13.2 Å². The lowest BCUT2D eigenvalue weighted by molar-refractivity contribution is -0.230. The number of hydrogen-bond acceptors (Lipinski definition) is 4. The van der Waals surface area contributed by atoms with Crippen LogP contribution in [-0.2, 0) is 19.1 Å². The van der Waals surface area contributed by atoms with Crippen LogP contribution >= 0.6 is 0 Å². The minimum Gasteiger partial charge on any atom is -0.460 e. The summed E-state index contributed by atoms with van der Waals surface area (Å²) in [7, 11) is 0. The molecule has 7 heteroatoms. The lowest BCUT2D eigenvalue weighted by Crippen LogP contribution is -2.42. The van der Waals surface area contributed by atoms with Gasteiger partial charge in [-0.25, -0.2) is 4.79 Å². The van der Waals surface area contributed by atoms with Gasteiger partial charge in [0.1, 0.15) is 0 Å². The Labute approximate surface area is 97.1 Å². The molecule has 0 aliphatic carbocycles. The molecule has 0 amide bonds. The number of rotatable bonds is 5. The standard InChI is InChI=1S/C10H15F3O4/c1-4-5-6(2)16-9(15)8(10(11,12)13)17-7(3)14/h6,8H,4-5H2,1-3H3. The molecule has 0 aliphatic heterocycles. The van der Waals surface area contributed by atoms with Gasteiger partial charge in [0.15, 0.2) is 0 Å². The van der Waals surface area contributed by atoms with Crippen LogP contribution in [0.1, 0.15) is 33.6 Å². The summed E-state index contributed by atoms with van der Waals surface area (Å²) in [6.07, 6.45) is -7.35. The first-order valence-corrected chi connectivity index (χ1v) is 5.12. The van der Waals surface area contributed by atoms with Crippen LogP contribution in [0, 0.1) is 0 Å². The summed E-state index contributed by atoms with van der Waals surface area (Å²) in [5.41, 5.74) is 0. The highest BCUT2D eigenvalue weighted by atomic mass is 19.4. The van der Waals surface area contributed by atoms with E-state index in [-0.39, 0.29) is 0 Å². The average Bonchev–Trinajstić information content (AvgIpc) is 2.12. The Morgan fingerprint density at radius 1 is 1.24 bits per heavy atom. The van der Waals surface area contributed by atoms with Gasteiger partial charge in [0.2, 0.25) is 0 Å². The fourth-order valence-electron chi connectivity index (χ4n) is 1.14. The first-order valence-electron chi connectivity index (χ1n) is 5.12. The number of carbonyl (C=O) groups is 2. The Morgan fingerprint density at radius 2 is 1.76 bits per heavy atom. The first kappa shape index (κ1) is 15.7. The molecule has 2 atom stereocenters. The highest BCUT2D eigenvalue weighted by Crippen LogP contribution is 2.24. The Kier molecular flexibility index (Phi) is 5.98. The van der Waals surface area contributed by atoms with Crippen molar-refractivity contribution in [3.63, 3.8) is 0 Å². The van der Waals surface area contributed by atoms with Crippen LogP contribution in [0.15, 0.2) is 0 Å². The van der Waals surface area contributed by atoms with Gasteiger partial charge in [0.25, 0.3) is 6.10 Å². The number of hydrogen-bond donors (Lipinski definition) is 0. The van der Waals surface area contributed by atoms with E-state index in [0.717, 1.165) is 6.92 Å². The predicted octanol–water partition coefficient (Wildman–Crippen LogP) is 2.21. The largest absolute Gasteiger partial charge is 0.460 e. The van der Waals surface area contributed by atoms with Gasteiger partial charge in [-0.2, -0.15) is 13.2 Å². The molecular formula is C10H15F3O4. The van der Waals surface area contributed by atoms with Crippen LogP contribution in [0.25, 0.3) is 0 Å². The van der Waals surface area contributed by atoms with E-state index in [0.29, 0.717) is 12.8 Å². The second-order valence-corrected chi connectivity index (χ2v) is 3.57. The van der Waals surface area contributed by atoms with Crippen molar-refractivity contribution in [2.24, 2.45) is 0 Å². The minimum absolute atomic E-state index is 0.441. The van der Waals surface area contributed by atoms with Crippen LogP contribution in [0.5, 0.6) is 0 Å². The van der Waals surface area contributed by atoms with Gasteiger partial charge in [-0.05, 0) is 13.3 Å². The zero-order valence-corrected chi connectivity index (χ0v) is 9.84. The van der Waals surface area contributed by atoms with Gasteiger partial charge in [-0.1, -0.05) is 13.3 Å². The first-order chi connectivity index (χ1) is 7.68. The van der Waals surface area contributed by atoms with E-state index in [1.807, 2.05) is 0 Å². The summed E-state index contributed by atoms with van der Waals surface area (Å²) in [5.74, 6) is -2.78. The summed E-state index contributed by atoms with van der Waals surface area (Å²) in [6.45, 7) is 4.07. The molecule has 0 bridgehead atoms. The van der Waals surface area contributed by atoms with Crippen LogP contribution in [0.3, 0.4) is 0 Å². The fourth-order valence-corrected chi connectivity index (χ4v) is 1.14. The van der Waals surface area contributed by atoms with Crippen molar-refractivity contribution in [1.29, 1.82) is 0 Å². The van der Waals surface area contributed by atoms with Crippen molar-refractivity contribution in [2.75, 3.05) is 0 Å². The Morgan fingerprint density at radius 3 is 2.12 bits per heavy atom. The van der Waals surface area contributed by atoms with Gasteiger partial charge in [0, 0.05) is 6.92 Å². The average molecular weight is 256 g/mol. The second-order valence-electron chi connectivity index (χ2n) is 3.57. The summed E-state index contributed by atoms with van der Waals surface area (Å²) >= 11 is 0. The van der Waals surface area contributed by atoms with Crippen molar-refractivity contribution in [2.45, 2.75) is 52.0 Å². The van der Waals surface area contributed by atoms with Crippen molar-refractivity contribution in [1.82, 2.24) is 0 Å². The van der Waals surface area contributed by atoms with Gasteiger partial charge in [-0.3, -0.25) is 4.79 Å². The van der Waals surface area contributed by atoms with E-state index in [1.165, 1.54) is 6.92 Å². The molecular weight excluding hydrogens is 241 g/mol. The molecule has 0 aromatic rings. The third-order valence-electron chi connectivity index (χ3n) is 1.81. The van der Waals surface area contributed by atoms with E-state index in [1.54, 1.807) is 6.92 Å². The molecule has 0 rings (SSSR count). The SMILES string of the molecule is CCCC(C)OC(=O)C(OC(C)=O)C(F)(F)F. The Balaban J connectivity index is 4.59. The zero-order chi connectivity index (χ0) is 13.6.